The van der Waals surface area contributed by atoms with Gasteiger partial charge in [-0.2, -0.15) is 9.13 Å². The Bertz CT molecular complexity index is 6170. The summed E-state index contributed by atoms with van der Waals surface area (Å²) in [5.74, 6) is 1.60. The molecule has 1 unspecified atom stereocenters. The second-order valence-corrected chi connectivity index (χ2v) is 35.5. The molecule has 4 aliphatic rings. The van der Waals surface area contributed by atoms with Crippen LogP contribution in [0, 0.1) is 86.0 Å². The third kappa shape index (κ3) is 16.8. The van der Waals surface area contributed by atoms with E-state index >= 15 is 0 Å². The van der Waals surface area contributed by atoms with Crippen molar-refractivity contribution in [2.75, 3.05) is 0 Å². The van der Waals surface area contributed by atoms with Gasteiger partial charge in [-0.1, -0.05) is 219 Å². The molecule has 5 heterocycles. The van der Waals surface area contributed by atoms with Crippen LogP contribution in [0.4, 0.5) is 0 Å². The quantitative estimate of drug-likeness (QED) is 0.0968. The number of hydrogen-bond acceptors (Lipinski definition) is 0. The van der Waals surface area contributed by atoms with E-state index in [0.29, 0.717) is 36.0 Å². The molecule has 5 nitrogen and oxygen atoms in total. The van der Waals surface area contributed by atoms with Crippen LogP contribution in [0.15, 0.2) is 194 Å². The van der Waals surface area contributed by atoms with Crippen molar-refractivity contribution in [3.8, 4) is 45.0 Å². The summed E-state index contributed by atoms with van der Waals surface area (Å²) in [6.07, 6.45) is 27.6. The Balaban J connectivity index is 0.000000127. The van der Waals surface area contributed by atoms with E-state index in [0.717, 1.165) is 85.8 Å². The minimum Gasteiger partial charge on any atom is -0.338 e. The third-order valence-electron chi connectivity index (χ3n) is 26.9. The topological polar surface area (TPSA) is 20.4 Å². The maximum atomic E-state index is 8.63. The fourth-order valence-corrected chi connectivity index (χ4v) is 20.3. The third-order valence-corrected chi connectivity index (χ3v) is 26.9. The van der Waals surface area contributed by atoms with Crippen molar-refractivity contribution in [3.05, 3.63) is 272 Å². The molecule has 18 rings (SSSR count). The summed E-state index contributed by atoms with van der Waals surface area (Å²) in [6, 6.07) is 62.8. The van der Waals surface area contributed by atoms with Crippen molar-refractivity contribution in [2.45, 2.75) is 230 Å². The van der Waals surface area contributed by atoms with E-state index in [1.165, 1.54) is 256 Å². The number of fused-ring (bicyclic) bond motifs is 7. The fraction of sp³-hybridized carbons (Fsp3) is 0.394. The molecular formula is C109H129N5+4. The van der Waals surface area contributed by atoms with Crippen LogP contribution in [0.5, 0.6) is 0 Å². The highest BCUT2D eigenvalue weighted by Crippen LogP contribution is 2.42. The zero-order chi connectivity index (χ0) is 86.7. The molecule has 114 heavy (non-hydrogen) atoms. The molecule has 5 aromatic heterocycles. The lowest BCUT2D eigenvalue weighted by molar-refractivity contribution is -0.665. The van der Waals surface area contributed by atoms with E-state index in [1.807, 2.05) is 74.3 Å². The average molecular weight is 1520 g/mol. The molecular weight excluding hydrogens is 1380 g/mol. The first-order chi connectivity index (χ1) is 58.2. The highest BCUT2D eigenvalue weighted by atomic mass is 15.0. The van der Waals surface area contributed by atoms with E-state index in [1.54, 1.807) is 6.07 Å². The normalized spacial score (nSPS) is 16.6. The van der Waals surface area contributed by atoms with Crippen LogP contribution in [0.25, 0.3) is 110 Å². The van der Waals surface area contributed by atoms with E-state index in [-0.39, 0.29) is 0 Å². The van der Waals surface area contributed by atoms with Gasteiger partial charge in [0.1, 0.15) is 30.9 Å². The lowest BCUT2D eigenvalue weighted by Gasteiger charge is -2.15. The molecule has 1 atom stereocenters. The molecule has 4 aliphatic carbocycles. The number of pyridine rings is 4. The second-order valence-electron chi connectivity index (χ2n) is 35.5. The van der Waals surface area contributed by atoms with E-state index in [9.17, 15) is 0 Å². The first-order valence-electron chi connectivity index (χ1n) is 47.2. The van der Waals surface area contributed by atoms with Gasteiger partial charge in [-0.05, 0) is 261 Å². The van der Waals surface area contributed by atoms with Crippen LogP contribution in [-0.2, 0) is 53.9 Å². The summed E-state index contributed by atoms with van der Waals surface area (Å²) in [4.78, 5) is 0. The predicted octanol–water partition coefficient (Wildman–Crippen LogP) is 26.8. The Morgan fingerprint density at radius 2 is 0.807 bits per heavy atom. The summed E-state index contributed by atoms with van der Waals surface area (Å²) >= 11 is 0. The molecule has 0 amide bonds. The van der Waals surface area contributed by atoms with Crippen molar-refractivity contribution in [2.24, 2.45) is 51.9 Å². The first-order valence-corrected chi connectivity index (χ1v) is 43.2. The number of para-hydroxylation sites is 1. The molecule has 0 bridgehead atoms. The van der Waals surface area contributed by atoms with Crippen LogP contribution >= 0.6 is 0 Å². The smallest absolute Gasteiger partial charge is 0.220 e. The van der Waals surface area contributed by atoms with Crippen molar-refractivity contribution in [3.63, 3.8) is 0 Å². The largest absolute Gasteiger partial charge is 0.338 e. The fourth-order valence-electron chi connectivity index (χ4n) is 20.3. The van der Waals surface area contributed by atoms with Crippen LogP contribution < -0.4 is 18.3 Å². The van der Waals surface area contributed by atoms with Gasteiger partial charge in [-0.3, -0.25) is 0 Å². The lowest BCUT2D eigenvalue weighted by Crippen LogP contribution is -2.35. The highest BCUT2D eigenvalue weighted by Gasteiger charge is 2.28. The number of hydrogen-bond donors (Lipinski definition) is 0. The van der Waals surface area contributed by atoms with Gasteiger partial charge in [-0.25, -0.2) is 9.13 Å². The average Bonchev–Trinajstić information content (AvgIpc) is 1.58. The maximum absolute atomic E-state index is 8.63. The monoisotopic (exact) mass is 1520 g/mol. The molecule has 9 aromatic carbocycles. The van der Waals surface area contributed by atoms with Crippen LogP contribution in [-0.4, -0.2) is 4.57 Å². The van der Waals surface area contributed by atoms with Crippen LogP contribution in [0.3, 0.4) is 0 Å². The summed E-state index contributed by atoms with van der Waals surface area (Å²) in [5.41, 5.74) is 28.4. The standard InChI is InChI=1S/C33H37N2.C27H34N.C25H30N.C24H28N/c1-21(2)35-31-13-9-8-12-28(31)30-16-22(3)29(20-32(30)35)33-27-15-14-25(18-24-10-6-7-11-24)19-26(27)17-23(4)34(33)5;1-18(2)24-14-19(3)20(4)26(17-24)27-25-11-10-22(15-21-8-6-7-9-21)16-23(25)12-13-28(27)5;1-17-13-18(2)19(3)24(14-17)25-23-10-9-21(15-20-7-5-6-8-20)16-22(23)11-12-26(25)4;1-17-8-4-7-11-22(17)24-23-13-12-20(15-19-9-5-6-10-19)16-21(23)14-18(2)25(24)3/h8-9,12-17,19-21,24H,6-7,10-11,18H2,1-5H3;10-14,16-18,21H,6-9,15H2,1-5H3;9-14,16,20H,5-8,15H2,1-4H3;4,7-8,11-14,16,19H,5-6,9-10,15H2,1-3H3/q4*+1/i;1D3,13D,18D;12D;7D,8D. The van der Waals surface area contributed by atoms with Crippen LogP contribution in [0.2, 0.25) is 0 Å². The Morgan fingerprint density at radius 1 is 0.377 bits per heavy atom. The molecule has 14 aromatic rings. The molecule has 0 spiro atoms. The predicted molar refractivity (Wildman–Crippen MR) is 485 cm³/mol. The van der Waals surface area contributed by atoms with Crippen molar-refractivity contribution >= 4 is 64.9 Å². The van der Waals surface area contributed by atoms with Gasteiger partial charge in [0, 0.05) is 71.5 Å². The van der Waals surface area contributed by atoms with E-state index in [4.69, 9.17) is 11.0 Å². The van der Waals surface area contributed by atoms with Gasteiger partial charge in [0.15, 0.2) is 23.7 Å². The van der Waals surface area contributed by atoms with E-state index < -0.39 is 12.7 Å². The summed E-state index contributed by atoms with van der Waals surface area (Å²) in [5, 5.41) is 12.4. The van der Waals surface area contributed by atoms with Crippen molar-refractivity contribution in [1.29, 1.82) is 0 Å². The van der Waals surface area contributed by atoms with Gasteiger partial charge >= 0.3 is 0 Å². The lowest BCUT2D eigenvalue weighted by atomic mass is 9.90. The number of benzene rings is 9. The number of aryl methyl sites for hydroxylation is 6. The first kappa shape index (κ1) is 69.9. The number of rotatable bonds is 14. The van der Waals surface area contributed by atoms with Crippen LogP contribution in [0.1, 0.15) is 231 Å². The van der Waals surface area contributed by atoms with Gasteiger partial charge in [0.25, 0.3) is 0 Å². The Labute approximate surface area is 694 Å². The van der Waals surface area contributed by atoms with Gasteiger partial charge < -0.3 is 4.57 Å². The van der Waals surface area contributed by atoms with Gasteiger partial charge in [-0.15, -0.1) is 0 Å². The Morgan fingerprint density at radius 3 is 1.27 bits per heavy atom. The van der Waals surface area contributed by atoms with E-state index in [2.05, 4.69) is 217 Å². The number of nitrogens with zero attached hydrogens (tertiary/aromatic N) is 5. The number of aromatic nitrogens is 5. The zero-order valence-corrected chi connectivity index (χ0v) is 71.4. The summed E-state index contributed by atoms with van der Waals surface area (Å²) in [6.45, 7) is 22.8. The minimum absolute atomic E-state index is 0.396. The molecule has 0 aliphatic heterocycles. The molecule has 0 saturated heterocycles. The molecule has 5 heteroatoms. The van der Waals surface area contributed by atoms with Gasteiger partial charge in [0.2, 0.25) is 22.8 Å². The maximum Gasteiger partial charge on any atom is 0.220 e. The zero-order valence-electron chi connectivity index (χ0n) is 79.4. The van der Waals surface area contributed by atoms with Crippen molar-refractivity contribution < 1.29 is 29.2 Å². The van der Waals surface area contributed by atoms with Crippen molar-refractivity contribution in [1.82, 2.24) is 4.57 Å². The minimum atomic E-state index is -2.44. The second kappa shape index (κ2) is 34.5. The summed E-state index contributed by atoms with van der Waals surface area (Å²) < 4.78 is 76.8. The SMILES string of the molecule is Cc1cc2c3ccccc3n(C(C)C)c2cc1-c1c2ccc(CC3CCCC3)cc2cc(C)[n+]1C.[2H]c1cc([2H])c(C)c(-c2c3ccc(CC4CCCC4)cc3cc(C)[n+]2C)c1.[2H]c1cc2cc(CC3CCCC3)ccc2c(-c2cc(C([2H])(C)C([2H])([2H])[2H])cc(C)c2C)[n+]1C.[2H]c1cc2cc(CC3CCCC3)ccc2c(-c2cc(C)cc(C)c2C)[n+]1C. The molecule has 4 fully saturated rings. The Hall–Kier alpha value is -9.58. The molecule has 0 N–H and O–H groups in total. The highest BCUT2D eigenvalue weighted by molar-refractivity contribution is 6.10. The Kier molecular flexibility index (Phi) is 21.1. The molecule has 586 valence electrons. The molecule has 0 radical (unpaired) electrons. The van der Waals surface area contributed by atoms with Gasteiger partial charge in [0.05, 0.1) is 46.5 Å². The molecule has 4 saturated carbocycles. The summed E-state index contributed by atoms with van der Waals surface area (Å²) in [7, 11) is 8.20.